The van der Waals surface area contributed by atoms with Crippen molar-refractivity contribution in [1.29, 1.82) is 0 Å². The van der Waals surface area contributed by atoms with E-state index in [9.17, 15) is 13.5 Å². The van der Waals surface area contributed by atoms with Crippen molar-refractivity contribution in [2.75, 3.05) is 0 Å². The molecule has 0 amide bonds. The van der Waals surface area contributed by atoms with Crippen LogP contribution in [0.3, 0.4) is 0 Å². The topological polar surface area (TPSA) is 69.6 Å². The molecule has 0 unspecified atom stereocenters. The average molecular weight is 463 g/mol. The maximum Gasteiger partial charge on any atom is 1.00 e. The van der Waals surface area contributed by atoms with Crippen LogP contribution in [0.25, 0.3) is 6.08 Å². The first-order valence-electron chi connectivity index (χ1n) is 5.67. The molecular formula is C13H7BrCl2NNaO3S2. The number of hydrogen-bond acceptors (Lipinski definition) is 4. The number of sulfonamides is 1. The van der Waals surface area contributed by atoms with Crippen LogP contribution in [0.1, 0.15) is 10.4 Å². The van der Waals surface area contributed by atoms with Gasteiger partial charge >= 0.3 is 29.6 Å². The first kappa shape index (κ1) is 21.2. The molecule has 0 fully saturated rings. The van der Waals surface area contributed by atoms with Gasteiger partial charge in [0.2, 0.25) is 0 Å². The van der Waals surface area contributed by atoms with E-state index in [0.29, 0.717) is 9.90 Å². The molecule has 2 rings (SSSR count). The molecule has 2 aromatic rings. The Labute approximate surface area is 178 Å². The van der Waals surface area contributed by atoms with Gasteiger partial charge in [-0.1, -0.05) is 29.3 Å². The van der Waals surface area contributed by atoms with E-state index in [-0.39, 0.29) is 40.1 Å². The molecule has 0 bridgehead atoms. The summed E-state index contributed by atoms with van der Waals surface area (Å²) in [5.41, 5.74) is -0.0275. The summed E-state index contributed by atoms with van der Waals surface area (Å²) in [5.74, 6) is -0.948. The van der Waals surface area contributed by atoms with E-state index in [2.05, 4.69) is 20.3 Å². The van der Waals surface area contributed by atoms with Gasteiger partial charge in [0, 0.05) is 25.8 Å². The monoisotopic (exact) mass is 461 g/mol. The summed E-state index contributed by atoms with van der Waals surface area (Å²) in [7, 11) is -4.06. The van der Waals surface area contributed by atoms with Gasteiger partial charge in [0.25, 0.3) is 10.0 Å². The van der Waals surface area contributed by atoms with Crippen molar-refractivity contribution in [2.45, 2.75) is 0 Å². The van der Waals surface area contributed by atoms with Crippen molar-refractivity contribution >= 4 is 72.5 Å². The Hall–Kier alpha value is 0.140. The fourth-order valence-electron chi connectivity index (χ4n) is 1.43. The number of nitrogens with zero attached hydrogens (tertiary/aromatic N) is 1. The van der Waals surface area contributed by atoms with Gasteiger partial charge in [0.15, 0.2) is 0 Å². The molecule has 0 N–H and O–H groups in total. The van der Waals surface area contributed by atoms with Crippen LogP contribution in [0.2, 0.25) is 10.0 Å². The van der Waals surface area contributed by atoms with E-state index < -0.39 is 15.9 Å². The van der Waals surface area contributed by atoms with Gasteiger partial charge in [-0.05, 0) is 45.6 Å². The van der Waals surface area contributed by atoms with E-state index in [1.54, 1.807) is 11.4 Å². The minimum Gasteiger partial charge on any atom is -0.858 e. The second-order valence-corrected chi connectivity index (χ2v) is 8.10. The summed E-state index contributed by atoms with van der Waals surface area (Å²) >= 11 is 16.2. The van der Waals surface area contributed by atoms with Crippen molar-refractivity contribution in [3.05, 3.63) is 60.0 Å². The predicted molar refractivity (Wildman–Crippen MR) is 93.0 cm³/mol. The number of halogens is 3. The third-order valence-electron chi connectivity index (χ3n) is 2.41. The Bertz CT molecular complexity index is 866. The fraction of sp³-hybridized carbons (Fsp3) is 0. The summed E-state index contributed by atoms with van der Waals surface area (Å²) < 4.78 is 27.7. The van der Waals surface area contributed by atoms with Gasteiger partial charge in [-0.3, -0.25) is 0 Å². The molecule has 1 aromatic heterocycles. The summed E-state index contributed by atoms with van der Waals surface area (Å²) in [4.78, 5) is 0.704. The number of rotatable bonds is 4. The Morgan fingerprint density at radius 2 is 2.00 bits per heavy atom. The molecule has 1 heterocycles. The number of thiophene rings is 1. The summed E-state index contributed by atoms with van der Waals surface area (Å²) in [6, 6.07) is 5.89. The van der Waals surface area contributed by atoms with E-state index >= 15 is 0 Å². The largest absolute Gasteiger partial charge is 1.00 e. The zero-order valence-corrected chi connectivity index (χ0v) is 18.4. The zero-order chi connectivity index (χ0) is 16.3. The first-order valence-corrected chi connectivity index (χ1v) is 9.60. The Balaban J connectivity index is 0.00000264. The summed E-state index contributed by atoms with van der Waals surface area (Å²) in [5, 5.41) is 15.0. The van der Waals surface area contributed by atoms with Crippen LogP contribution in [-0.2, 0) is 10.0 Å². The number of benzene rings is 1. The molecular weight excluding hydrogens is 456 g/mol. The molecule has 116 valence electrons. The van der Waals surface area contributed by atoms with Crippen LogP contribution in [0.15, 0.2) is 43.9 Å². The molecule has 0 saturated heterocycles. The normalized spacial score (nSPS) is 12.4. The zero-order valence-electron chi connectivity index (χ0n) is 11.7. The van der Waals surface area contributed by atoms with E-state index in [1.807, 2.05) is 0 Å². The molecule has 0 aliphatic carbocycles. The quantitative estimate of drug-likeness (QED) is 0.385. The first-order chi connectivity index (χ1) is 10.3. The molecule has 23 heavy (non-hydrogen) atoms. The predicted octanol–water partition coefficient (Wildman–Crippen LogP) is 0.929. The maximum atomic E-state index is 11.9. The van der Waals surface area contributed by atoms with Gasteiger partial charge in [-0.25, -0.2) is 0 Å². The standard InChI is InChI=1S/C13H8BrCl2NO3S2.Na/c14-10-3-5-21-12(10)4-6-22(19,20)17-13(18)9-2-1-8(15)7-11(9)16;/h1-7H,(H,17,18);/q;+1/p-1/b6-4+;. The Kier molecular flexibility index (Phi) is 8.30. The van der Waals surface area contributed by atoms with Crippen LogP contribution in [0.5, 0.6) is 0 Å². The van der Waals surface area contributed by atoms with E-state index in [4.69, 9.17) is 23.2 Å². The SMILES string of the molecule is O=S(=O)(/C=C/c1sccc1Br)/N=C(\[O-])c1ccc(Cl)cc1Cl.[Na+]. The van der Waals surface area contributed by atoms with E-state index in [1.165, 1.54) is 35.6 Å². The van der Waals surface area contributed by atoms with Crippen molar-refractivity contribution < 1.29 is 43.1 Å². The van der Waals surface area contributed by atoms with Crippen LogP contribution in [-0.4, -0.2) is 14.3 Å². The van der Waals surface area contributed by atoms with Crippen molar-refractivity contribution in [2.24, 2.45) is 4.40 Å². The Morgan fingerprint density at radius 1 is 1.30 bits per heavy atom. The van der Waals surface area contributed by atoms with Gasteiger partial charge in [0.1, 0.15) is 0 Å². The molecule has 1 aromatic carbocycles. The minimum atomic E-state index is -4.06. The molecule has 0 saturated carbocycles. The molecule has 0 aliphatic rings. The van der Waals surface area contributed by atoms with Crippen molar-refractivity contribution in [3.63, 3.8) is 0 Å². The molecule has 0 radical (unpaired) electrons. The third kappa shape index (κ3) is 6.17. The van der Waals surface area contributed by atoms with Gasteiger partial charge in [-0.2, -0.15) is 12.8 Å². The Morgan fingerprint density at radius 3 is 2.57 bits per heavy atom. The third-order valence-corrected chi connectivity index (χ3v) is 5.69. The van der Waals surface area contributed by atoms with E-state index in [0.717, 1.165) is 9.88 Å². The van der Waals surface area contributed by atoms with Crippen molar-refractivity contribution in [1.82, 2.24) is 0 Å². The van der Waals surface area contributed by atoms with Crippen LogP contribution in [0.4, 0.5) is 0 Å². The van der Waals surface area contributed by atoms with Crippen LogP contribution >= 0.6 is 50.5 Å². The smallest absolute Gasteiger partial charge is 0.858 e. The molecule has 10 heteroatoms. The molecule has 0 spiro atoms. The fourth-order valence-corrected chi connectivity index (χ4v) is 4.10. The van der Waals surface area contributed by atoms with Gasteiger partial charge in [0.05, 0.1) is 10.4 Å². The summed E-state index contributed by atoms with van der Waals surface area (Å²) in [6.45, 7) is 0. The van der Waals surface area contributed by atoms with Crippen LogP contribution < -0.4 is 34.7 Å². The van der Waals surface area contributed by atoms with Crippen molar-refractivity contribution in [3.8, 4) is 0 Å². The van der Waals surface area contributed by atoms with Gasteiger partial charge < -0.3 is 5.11 Å². The average Bonchev–Trinajstić information content (AvgIpc) is 2.81. The molecule has 0 aliphatic heterocycles. The second kappa shape index (κ2) is 9.01. The molecule has 4 nitrogen and oxygen atoms in total. The second-order valence-electron chi connectivity index (χ2n) is 3.97. The maximum absolute atomic E-state index is 11.9. The van der Waals surface area contributed by atoms with Gasteiger partial charge in [-0.15, -0.1) is 11.3 Å². The van der Waals surface area contributed by atoms with Crippen LogP contribution in [0, 0.1) is 0 Å². The summed E-state index contributed by atoms with van der Waals surface area (Å²) in [6.07, 6.45) is 1.37. The minimum absolute atomic E-state index is 0. The molecule has 0 atom stereocenters. The number of hydrogen-bond donors (Lipinski definition) is 0.